The van der Waals surface area contributed by atoms with Crippen LogP contribution in [-0.2, 0) is 0 Å². The Balaban J connectivity index is 0. The topological polar surface area (TPSA) is 0 Å². The van der Waals surface area contributed by atoms with E-state index in [1.165, 1.54) is 0 Å². The maximum atomic E-state index is 5.00. The van der Waals surface area contributed by atoms with Crippen molar-refractivity contribution in [2.24, 2.45) is 0 Å². The third-order valence-electron chi connectivity index (χ3n) is 0. The van der Waals surface area contributed by atoms with Gasteiger partial charge in [-0.05, 0) is 0 Å². The van der Waals surface area contributed by atoms with Crippen molar-refractivity contribution in [1.82, 2.24) is 0 Å². The molecule has 2 heteroatoms. The van der Waals surface area contributed by atoms with Crippen molar-refractivity contribution in [1.29, 1.82) is 0 Å². The first-order valence-electron chi connectivity index (χ1n) is 0.974. The van der Waals surface area contributed by atoms with Gasteiger partial charge in [-0.2, -0.15) is 0 Å². The molecule has 0 N–H and O–H groups in total. The molecule has 0 heterocycles. The molecule has 0 saturated carbocycles. The van der Waals surface area contributed by atoms with E-state index in [1.807, 2.05) is 6.92 Å². The fourth-order valence-corrected chi connectivity index (χ4v) is 0. The monoisotopic (exact) mass is 75.0 g/mol. The molecule has 0 saturated heterocycles. The van der Waals surface area contributed by atoms with Gasteiger partial charge in [-0.3, -0.25) is 0 Å². The van der Waals surface area contributed by atoms with Gasteiger partial charge in [0.1, 0.15) is 0 Å². The van der Waals surface area contributed by atoms with Crippen molar-refractivity contribution in [2.45, 2.75) is 6.92 Å². The number of hydrogen-bond donors (Lipinski definition) is 0. The van der Waals surface area contributed by atoms with Gasteiger partial charge in [-0.1, -0.05) is 6.92 Å². The first-order chi connectivity index (χ1) is 1.41. The van der Waals surface area contributed by atoms with Crippen LogP contribution in [0.25, 0.3) is 0 Å². The molecule has 0 rings (SSSR count). The first-order valence-corrected chi connectivity index (χ1v) is 1.51. The van der Waals surface area contributed by atoms with Gasteiger partial charge in [0.25, 0.3) is 0 Å². The van der Waals surface area contributed by atoms with Crippen molar-refractivity contribution in [3.8, 4) is 0 Å². The summed E-state index contributed by atoms with van der Waals surface area (Å²) in [6.07, 6.45) is 0. The summed E-state index contributed by atoms with van der Waals surface area (Å²) in [7, 11) is 0. The average molecular weight is 75.5 g/mol. The Morgan fingerprint density at radius 1 is 1.75 bits per heavy atom. The second kappa shape index (κ2) is 9.83. The predicted octanol–water partition coefficient (Wildman–Crippen LogP) is 0.329. The van der Waals surface area contributed by atoms with Crippen LogP contribution >= 0.6 is 11.6 Å². The van der Waals surface area contributed by atoms with Gasteiger partial charge < -0.3 is 0 Å². The van der Waals surface area contributed by atoms with Crippen molar-refractivity contribution in [3.63, 3.8) is 0 Å². The fourth-order valence-electron chi connectivity index (χ4n) is 0. The average Bonchev–Trinajstić information content (AvgIpc) is 0.918. The van der Waals surface area contributed by atoms with Crippen molar-refractivity contribution >= 4 is 21.7 Å². The zero-order valence-corrected chi connectivity index (χ0v) is 2.84. The number of rotatable bonds is 0. The molecule has 0 radical (unpaired) electrons. The summed E-state index contributed by atoms with van der Waals surface area (Å²) in [4.78, 5) is 0. The van der Waals surface area contributed by atoms with Crippen LogP contribution in [0.3, 0.4) is 0 Å². The Labute approximate surface area is 35.4 Å². The van der Waals surface area contributed by atoms with E-state index < -0.39 is 0 Å². The summed E-state index contributed by atoms with van der Waals surface area (Å²) >= 11 is 5.00. The number of hydrogen-bond acceptors (Lipinski definition) is 0. The molecule has 0 bridgehead atoms. The summed E-state index contributed by atoms with van der Waals surface area (Å²) < 4.78 is 0. The maximum absolute atomic E-state index is 5.00. The van der Waals surface area contributed by atoms with Crippen LogP contribution in [0, 0.1) is 0 Å². The molecule has 24 valence electrons. The van der Waals surface area contributed by atoms with Crippen LogP contribution in [0.4, 0.5) is 0 Å². The summed E-state index contributed by atoms with van der Waals surface area (Å²) in [5.74, 6) is 0.722. The van der Waals surface area contributed by atoms with Crippen molar-refractivity contribution in [3.05, 3.63) is 0 Å². The van der Waals surface area contributed by atoms with Crippen molar-refractivity contribution in [2.75, 3.05) is 5.88 Å². The Morgan fingerprint density at radius 3 is 1.75 bits per heavy atom. The third kappa shape index (κ3) is 24.9. The van der Waals surface area contributed by atoms with Crippen LogP contribution in [0.1, 0.15) is 6.92 Å². The molecule has 0 aliphatic carbocycles. The zero-order valence-electron chi connectivity index (χ0n) is 2.09. The van der Waals surface area contributed by atoms with E-state index in [4.69, 9.17) is 11.6 Å². The molecular weight excluding hydrogens is 68.5 g/mol. The van der Waals surface area contributed by atoms with E-state index in [1.54, 1.807) is 0 Å². The molecule has 0 aliphatic rings. The van der Waals surface area contributed by atoms with E-state index in [2.05, 4.69) is 0 Å². The number of halogens is 1. The standard InChI is InChI=1S/C2H5Cl.Be.2H/c1-2-3;;;/h2H2,1H3;;;. The Hall–Kier alpha value is 0.459. The van der Waals surface area contributed by atoms with E-state index in [9.17, 15) is 0 Å². The summed E-state index contributed by atoms with van der Waals surface area (Å²) in [5, 5.41) is 0. The van der Waals surface area contributed by atoms with E-state index >= 15 is 0 Å². The Bertz CT molecular complexity index is 6.00. The molecule has 0 unspecified atom stereocenters. The molecule has 0 aliphatic heterocycles. The SMILES string of the molecule is CCCl.[BeH2]. The molecule has 0 aromatic heterocycles. The molecule has 0 atom stereocenters. The van der Waals surface area contributed by atoms with Gasteiger partial charge in [0.15, 0.2) is 0 Å². The third-order valence-corrected chi connectivity index (χ3v) is 0. The van der Waals surface area contributed by atoms with Gasteiger partial charge in [0.2, 0.25) is 0 Å². The second-order valence-corrected chi connectivity index (χ2v) is 0.802. The molecule has 0 amide bonds. The van der Waals surface area contributed by atoms with Crippen LogP contribution < -0.4 is 0 Å². The zero-order chi connectivity index (χ0) is 2.71. The molecule has 4 heavy (non-hydrogen) atoms. The Kier molecular flexibility index (Phi) is 21.7. The van der Waals surface area contributed by atoms with E-state index in [-0.39, 0.29) is 10.1 Å². The molecule has 0 aromatic carbocycles. The molecule has 0 spiro atoms. The minimum absolute atomic E-state index is 0. The van der Waals surface area contributed by atoms with Gasteiger partial charge in [-0.25, -0.2) is 0 Å². The van der Waals surface area contributed by atoms with Crippen LogP contribution in [0.2, 0.25) is 0 Å². The summed E-state index contributed by atoms with van der Waals surface area (Å²) in [6, 6.07) is 0. The second-order valence-electron chi connectivity index (χ2n) is 0.267. The van der Waals surface area contributed by atoms with Crippen LogP contribution in [0.5, 0.6) is 0 Å². The predicted molar refractivity (Wildman–Crippen MR) is 24.9 cm³/mol. The molecular formula is C2H7BeCl. The van der Waals surface area contributed by atoms with Gasteiger partial charge in [-0.15, -0.1) is 11.6 Å². The molecule has 0 nitrogen and oxygen atoms in total. The van der Waals surface area contributed by atoms with E-state index in [0.29, 0.717) is 0 Å². The van der Waals surface area contributed by atoms with Gasteiger partial charge >= 0.3 is 10.1 Å². The summed E-state index contributed by atoms with van der Waals surface area (Å²) in [5.41, 5.74) is 0. The molecule has 0 fully saturated rings. The Morgan fingerprint density at radius 2 is 1.75 bits per heavy atom. The van der Waals surface area contributed by atoms with Crippen molar-refractivity contribution < 1.29 is 0 Å². The minimum atomic E-state index is 0. The van der Waals surface area contributed by atoms with Crippen LogP contribution in [-0.4, -0.2) is 16.0 Å². The van der Waals surface area contributed by atoms with Gasteiger partial charge in [0, 0.05) is 5.88 Å². The molecule has 0 aromatic rings. The fraction of sp³-hybridized carbons (Fsp3) is 1.00. The quantitative estimate of drug-likeness (QED) is 0.288. The van der Waals surface area contributed by atoms with Gasteiger partial charge in [0.05, 0.1) is 0 Å². The first kappa shape index (κ1) is 8.82. The number of alkyl halides is 1. The van der Waals surface area contributed by atoms with E-state index in [0.717, 1.165) is 5.88 Å². The van der Waals surface area contributed by atoms with Crippen LogP contribution in [0.15, 0.2) is 0 Å². The summed E-state index contributed by atoms with van der Waals surface area (Å²) in [6.45, 7) is 1.89. The normalized spacial score (nSPS) is 4.50.